The number of ether oxygens (including phenoxy) is 1. The molecule has 4 nitrogen and oxygen atoms in total. The van der Waals surface area contributed by atoms with Gasteiger partial charge in [-0.05, 0) is 24.3 Å². The molecule has 1 heterocycles. The third-order valence-electron chi connectivity index (χ3n) is 3.24. The van der Waals surface area contributed by atoms with Crippen molar-refractivity contribution in [2.45, 2.75) is 6.42 Å². The van der Waals surface area contributed by atoms with Crippen molar-refractivity contribution in [3.05, 3.63) is 54.6 Å². The van der Waals surface area contributed by atoms with Gasteiger partial charge in [-0.3, -0.25) is 5.01 Å². The fourth-order valence-electron chi connectivity index (χ4n) is 2.24. The van der Waals surface area contributed by atoms with Crippen molar-refractivity contribution in [3.63, 3.8) is 0 Å². The molecule has 0 aromatic heterocycles. The van der Waals surface area contributed by atoms with Crippen LogP contribution in [-0.2, 0) is 0 Å². The van der Waals surface area contributed by atoms with Gasteiger partial charge in [-0.2, -0.15) is 5.10 Å². The monoisotopic (exact) mass is 267 g/mol. The average Bonchev–Trinajstić information content (AvgIpc) is 2.97. The molecule has 0 unspecified atom stereocenters. The van der Waals surface area contributed by atoms with E-state index in [1.807, 2.05) is 47.5 Å². The number of amidine groups is 1. The Bertz CT molecular complexity index is 610. The highest BCUT2D eigenvalue weighted by atomic mass is 16.5. The number of benzene rings is 2. The number of rotatable bonds is 3. The van der Waals surface area contributed by atoms with Crippen LogP contribution >= 0.6 is 0 Å². The highest BCUT2D eigenvalue weighted by Crippen LogP contribution is 2.25. The Balaban J connectivity index is 1.76. The lowest BCUT2D eigenvalue weighted by atomic mass is 10.2. The third-order valence-corrected chi connectivity index (χ3v) is 3.24. The summed E-state index contributed by atoms with van der Waals surface area (Å²) in [6.07, 6.45) is 0.896. The molecule has 102 valence electrons. The average molecular weight is 267 g/mol. The zero-order valence-electron chi connectivity index (χ0n) is 11.4. The van der Waals surface area contributed by atoms with Crippen LogP contribution in [-0.4, -0.2) is 19.5 Å². The van der Waals surface area contributed by atoms with Gasteiger partial charge in [-0.1, -0.05) is 30.3 Å². The molecule has 0 bridgehead atoms. The van der Waals surface area contributed by atoms with E-state index < -0.39 is 0 Å². The van der Waals surface area contributed by atoms with Gasteiger partial charge in [-0.15, -0.1) is 0 Å². The number of hydrogen-bond acceptors (Lipinski definition) is 4. The van der Waals surface area contributed by atoms with Crippen molar-refractivity contribution in [2.24, 2.45) is 5.10 Å². The predicted molar refractivity (Wildman–Crippen MR) is 82.5 cm³/mol. The fourth-order valence-corrected chi connectivity index (χ4v) is 2.24. The molecule has 0 saturated heterocycles. The van der Waals surface area contributed by atoms with E-state index >= 15 is 0 Å². The number of nitrogens with zero attached hydrogens (tertiary/aromatic N) is 2. The summed E-state index contributed by atoms with van der Waals surface area (Å²) in [4.78, 5) is 0. The molecule has 1 aliphatic heterocycles. The minimum atomic E-state index is 0.827. The predicted octanol–water partition coefficient (Wildman–Crippen LogP) is 3.33. The molecular formula is C16H17N3O. The lowest BCUT2D eigenvalue weighted by Gasteiger charge is -2.12. The highest BCUT2D eigenvalue weighted by Gasteiger charge is 2.16. The Hall–Kier alpha value is -2.49. The second kappa shape index (κ2) is 5.65. The lowest BCUT2D eigenvalue weighted by Crippen LogP contribution is -2.11. The lowest BCUT2D eigenvalue weighted by molar-refractivity contribution is 0.417. The molecule has 2 aromatic rings. The van der Waals surface area contributed by atoms with Gasteiger partial charge in [0.15, 0.2) is 0 Å². The maximum atomic E-state index is 5.34. The zero-order chi connectivity index (χ0) is 13.8. The van der Waals surface area contributed by atoms with E-state index in [2.05, 4.69) is 22.6 Å². The standard InChI is InChI=1S/C16H17N3O/c1-20-15-10-6-5-9-14(15)17-16-11-12-19(18-16)13-7-3-2-4-8-13/h2-10H,11-12H2,1H3,(H,17,18). The summed E-state index contributed by atoms with van der Waals surface area (Å²) in [6.45, 7) is 0.890. The molecule has 0 spiro atoms. The number of methoxy groups -OCH3 is 1. The fraction of sp³-hybridized carbons (Fsp3) is 0.188. The van der Waals surface area contributed by atoms with Crippen LogP contribution in [0.15, 0.2) is 59.7 Å². The summed E-state index contributed by atoms with van der Waals surface area (Å²) in [5.74, 6) is 1.78. The molecule has 0 saturated carbocycles. The van der Waals surface area contributed by atoms with Gasteiger partial charge in [0, 0.05) is 13.0 Å². The summed E-state index contributed by atoms with van der Waals surface area (Å²) in [5, 5.41) is 9.97. The largest absolute Gasteiger partial charge is 0.495 e. The van der Waals surface area contributed by atoms with Crippen molar-refractivity contribution < 1.29 is 4.74 Å². The van der Waals surface area contributed by atoms with Crippen LogP contribution in [0.3, 0.4) is 0 Å². The second-order valence-corrected chi connectivity index (χ2v) is 4.58. The molecule has 0 atom stereocenters. The molecule has 0 amide bonds. The first-order valence-electron chi connectivity index (χ1n) is 6.67. The first-order valence-corrected chi connectivity index (χ1v) is 6.67. The van der Waals surface area contributed by atoms with E-state index in [1.54, 1.807) is 7.11 Å². The minimum absolute atomic E-state index is 0.827. The van der Waals surface area contributed by atoms with Crippen molar-refractivity contribution in [1.29, 1.82) is 0 Å². The van der Waals surface area contributed by atoms with Gasteiger partial charge >= 0.3 is 0 Å². The van der Waals surface area contributed by atoms with Gasteiger partial charge in [0.05, 0.1) is 18.5 Å². The number of anilines is 2. The molecule has 0 radical (unpaired) electrons. The summed E-state index contributed by atoms with van der Waals surface area (Å²) < 4.78 is 5.34. The van der Waals surface area contributed by atoms with Crippen molar-refractivity contribution in [2.75, 3.05) is 24.0 Å². The Morgan fingerprint density at radius 3 is 2.60 bits per heavy atom. The zero-order valence-corrected chi connectivity index (χ0v) is 11.4. The quantitative estimate of drug-likeness (QED) is 0.926. The number of hydrogen-bond donors (Lipinski definition) is 1. The Morgan fingerprint density at radius 2 is 1.80 bits per heavy atom. The Kier molecular flexibility index (Phi) is 3.54. The van der Waals surface area contributed by atoms with Crippen LogP contribution in [0.25, 0.3) is 0 Å². The summed E-state index contributed by atoms with van der Waals surface area (Å²) >= 11 is 0. The van der Waals surface area contributed by atoms with Crippen molar-refractivity contribution in [1.82, 2.24) is 0 Å². The first kappa shape index (κ1) is 12.5. The van der Waals surface area contributed by atoms with Crippen LogP contribution in [0.5, 0.6) is 5.75 Å². The maximum Gasteiger partial charge on any atom is 0.142 e. The summed E-state index contributed by atoms with van der Waals surface area (Å²) in [7, 11) is 1.67. The molecule has 20 heavy (non-hydrogen) atoms. The molecule has 4 heteroatoms. The van der Waals surface area contributed by atoms with E-state index in [0.717, 1.165) is 35.9 Å². The number of nitrogens with one attached hydrogen (secondary N) is 1. The van der Waals surface area contributed by atoms with Crippen LogP contribution in [0.1, 0.15) is 6.42 Å². The Morgan fingerprint density at radius 1 is 1.05 bits per heavy atom. The van der Waals surface area contributed by atoms with E-state index in [0.29, 0.717) is 0 Å². The van der Waals surface area contributed by atoms with E-state index in [4.69, 9.17) is 4.74 Å². The van der Waals surface area contributed by atoms with Crippen LogP contribution in [0, 0.1) is 0 Å². The summed E-state index contributed by atoms with van der Waals surface area (Å²) in [5.41, 5.74) is 2.06. The molecule has 0 aliphatic carbocycles. The number of hydrazone groups is 1. The molecule has 1 aliphatic rings. The second-order valence-electron chi connectivity index (χ2n) is 4.58. The van der Waals surface area contributed by atoms with Gasteiger partial charge in [0.25, 0.3) is 0 Å². The maximum absolute atomic E-state index is 5.34. The van der Waals surface area contributed by atoms with Crippen LogP contribution in [0.4, 0.5) is 11.4 Å². The molecule has 3 rings (SSSR count). The van der Waals surface area contributed by atoms with Gasteiger partial charge in [-0.25, -0.2) is 0 Å². The third kappa shape index (κ3) is 2.59. The van der Waals surface area contributed by atoms with Crippen LogP contribution in [0.2, 0.25) is 0 Å². The normalized spacial score (nSPS) is 14.1. The number of para-hydroxylation sites is 3. The molecular weight excluding hydrogens is 250 g/mol. The van der Waals surface area contributed by atoms with E-state index in [1.165, 1.54) is 0 Å². The highest BCUT2D eigenvalue weighted by molar-refractivity contribution is 5.98. The Labute approximate surface area is 118 Å². The smallest absolute Gasteiger partial charge is 0.142 e. The van der Waals surface area contributed by atoms with Crippen molar-refractivity contribution in [3.8, 4) is 5.75 Å². The SMILES string of the molecule is COc1ccccc1NC1=NN(c2ccccc2)CC1. The van der Waals surface area contributed by atoms with Gasteiger partial charge in [0.2, 0.25) is 0 Å². The topological polar surface area (TPSA) is 36.9 Å². The molecule has 0 fully saturated rings. The van der Waals surface area contributed by atoms with E-state index in [9.17, 15) is 0 Å². The van der Waals surface area contributed by atoms with E-state index in [-0.39, 0.29) is 0 Å². The van der Waals surface area contributed by atoms with Crippen LogP contribution < -0.4 is 15.1 Å². The van der Waals surface area contributed by atoms with Gasteiger partial charge in [0.1, 0.15) is 11.6 Å². The minimum Gasteiger partial charge on any atom is -0.495 e. The summed E-state index contributed by atoms with van der Waals surface area (Å²) in [6, 6.07) is 18.1. The molecule has 1 N–H and O–H groups in total. The van der Waals surface area contributed by atoms with Crippen molar-refractivity contribution >= 4 is 17.2 Å². The van der Waals surface area contributed by atoms with Gasteiger partial charge < -0.3 is 10.1 Å². The molecule has 2 aromatic carbocycles. The first-order chi connectivity index (χ1) is 9.86.